The summed E-state index contributed by atoms with van der Waals surface area (Å²) in [7, 11) is 0. The highest BCUT2D eigenvalue weighted by Crippen LogP contribution is 2.21. The van der Waals surface area contributed by atoms with Crippen molar-refractivity contribution >= 4 is 5.91 Å². The third-order valence-electron chi connectivity index (χ3n) is 5.69. The molecule has 1 fully saturated rings. The van der Waals surface area contributed by atoms with Gasteiger partial charge < -0.3 is 4.90 Å². The SMILES string of the molecule is CC(C)N1CCN(C(=O)CN2CCc3nn(-c4ccncc4F)cc3C2)CC1. The largest absolute Gasteiger partial charge is 0.339 e. The van der Waals surface area contributed by atoms with E-state index in [-0.39, 0.29) is 5.91 Å². The maximum Gasteiger partial charge on any atom is 0.236 e. The van der Waals surface area contributed by atoms with Crippen LogP contribution in [0.3, 0.4) is 0 Å². The number of carbonyl (C=O) groups excluding carboxylic acids is 1. The fraction of sp³-hybridized carbons (Fsp3) is 0.550. The van der Waals surface area contributed by atoms with Crippen molar-refractivity contribution in [3.63, 3.8) is 0 Å². The highest BCUT2D eigenvalue weighted by atomic mass is 19.1. The van der Waals surface area contributed by atoms with Gasteiger partial charge in [0.05, 0.1) is 18.4 Å². The first-order valence-electron chi connectivity index (χ1n) is 9.93. The molecule has 2 aliphatic rings. The minimum atomic E-state index is -0.394. The van der Waals surface area contributed by atoms with Gasteiger partial charge in [0, 0.05) is 69.7 Å². The molecule has 4 heterocycles. The molecule has 0 unspecified atom stereocenters. The molecule has 0 atom stereocenters. The Bertz CT molecular complexity index is 843. The summed E-state index contributed by atoms with van der Waals surface area (Å²) in [4.78, 5) is 23.0. The maximum absolute atomic E-state index is 14.0. The van der Waals surface area contributed by atoms with E-state index in [2.05, 4.69) is 33.7 Å². The second kappa shape index (κ2) is 7.97. The van der Waals surface area contributed by atoms with Crippen molar-refractivity contribution in [1.29, 1.82) is 0 Å². The molecule has 0 spiro atoms. The Morgan fingerprint density at radius 3 is 2.71 bits per heavy atom. The highest BCUT2D eigenvalue weighted by molar-refractivity contribution is 5.78. The molecule has 28 heavy (non-hydrogen) atoms. The summed E-state index contributed by atoms with van der Waals surface area (Å²) in [5, 5.41) is 4.53. The van der Waals surface area contributed by atoms with Crippen LogP contribution in [0.2, 0.25) is 0 Å². The van der Waals surface area contributed by atoms with Gasteiger partial charge in [-0.3, -0.25) is 19.6 Å². The van der Waals surface area contributed by atoms with Crippen LogP contribution in [-0.2, 0) is 17.8 Å². The standard InChI is InChI=1S/C20H27FN6O/c1-15(2)25-7-9-26(10-8-25)20(28)14-24-6-4-18-16(12-24)13-27(23-18)19-3-5-22-11-17(19)21/h3,5,11,13,15H,4,6-10,12,14H2,1-2H3. The average Bonchev–Trinajstić information content (AvgIpc) is 3.11. The van der Waals surface area contributed by atoms with Crippen molar-refractivity contribution < 1.29 is 9.18 Å². The molecule has 2 aromatic rings. The summed E-state index contributed by atoms with van der Waals surface area (Å²) < 4.78 is 15.6. The molecule has 0 N–H and O–H groups in total. The molecular weight excluding hydrogens is 359 g/mol. The number of hydrogen-bond acceptors (Lipinski definition) is 5. The van der Waals surface area contributed by atoms with Crippen LogP contribution < -0.4 is 0 Å². The van der Waals surface area contributed by atoms with Crippen LogP contribution >= 0.6 is 0 Å². The van der Waals surface area contributed by atoms with Crippen LogP contribution in [0, 0.1) is 5.82 Å². The van der Waals surface area contributed by atoms with E-state index in [1.165, 1.54) is 6.20 Å². The smallest absolute Gasteiger partial charge is 0.236 e. The number of aromatic nitrogens is 3. The first-order chi connectivity index (χ1) is 13.5. The van der Waals surface area contributed by atoms with Crippen molar-refractivity contribution in [2.24, 2.45) is 0 Å². The summed E-state index contributed by atoms with van der Waals surface area (Å²) >= 11 is 0. The Hall–Kier alpha value is -2.32. The average molecular weight is 386 g/mol. The summed E-state index contributed by atoms with van der Waals surface area (Å²) in [5.74, 6) is -0.200. The van der Waals surface area contributed by atoms with E-state index >= 15 is 0 Å². The molecule has 2 aliphatic heterocycles. The number of pyridine rings is 1. The van der Waals surface area contributed by atoms with E-state index in [9.17, 15) is 9.18 Å². The topological polar surface area (TPSA) is 57.5 Å². The van der Waals surface area contributed by atoms with Gasteiger partial charge in [-0.25, -0.2) is 9.07 Å². The quantitative estimate of drug-likeness (QED) is 0.793. The molecule has 0 aromatic carbocycles. The molecule has 1 amide bonds. The summed E-state index contributed by atoms with van der Waals surface area (Å²) in [6, 6.07) is 2.14. The number of nitrogens with zero attached hydrogens (tertiary/aromatic N) is 6. The Morgan fingerprint density at radius 1 is 1.21 bits per heavy atom. The number of hydrogen-bond donors (Lipinski definition) is 0. The lowest BCUT2D eigenvalue weighted by molar-refractivity contribution is -0.134. The van der Waals surface area contributed by atoms with Gasteiger partial charge in [-0.1, -0.05) is 0 Å². The summed E-state index contributed by atoms with van der Waals surface area (Å²) in [5.41, 5.74) is 2.43. The van der Waals surface area contributed by atoms with Crippen LogP contribution in [0.1, 0.15) is 25.1 Å². The summed E-state index contributed by atoms with van der Waals surface area (Å²) in [6.45, 7) is 9.76. The van der Waals surface area contributed by atoms with Crippen LogP contribution in [0.25, 0.3) is 5.69 Å². The molecule has 2 aromatic heterocycles. The Kier molecular flexibility index (Phi) is 5.41. The Balaban J connectivity index is 1.37. The third-order valence-corrected chi connectivity index (χ3v) is 5.69. The van der Waals surface area contributed by atoms with Gasteiger partial charge in [-0.15, -0.1) is 0 Å². The molecule has 4 rings (SSSR count). The number of piperazine rings is 1. The second-order valence-electron chi connectivity index (χ2n) is 7.84. The Morgan fingerprint density at radius 2 is 2.00 bits per heavy atom. The monoisotopic (exact) mass is 386 g/mol. The van der Waals surface area contributed by atoms with E-state index < -0.39 is 5.82 Å². The fourth-order valence-electron chi connectivity index (χ4n) is 3.96. The molecule has 150 valence electrons. The van der Waals surface area contributed by atoms with Gasteiger partial charge in [-0.05, 0) is 19.9 Å². The maximum atomic E-state index is 14.0. The van der Waals surface area contributed by atoms with Crippen LogP contribution in [-0.4, -0.2) is 80.7 Å². The first-order valence-corrected chi connectivity index (χ1v) is 9.93. The van der Waals surface area contributed by atoms with E-state index in [1.54, 1.807) is 16.9 Å². The zero-order chi connectivity index (χ0) is 19.7. The molecule has 0 bridgehead atoms. The number of carbonyl (C=O) groups is 1. The molecule has 1 saturated heterocycles. The fourth-order valence-corrected chi connectivity index (χ4v) is 3.96. The van der Waals surface area contributed by atoms with Crippen LogP contribution in [0.4, 0.5) is 4.39 Å². The van der Waals surface area contributed by atoms with Crippen LogP contribution in [0.15, 0.2) is 24.7 Å². The minimum absolute atomic E-state index is 0.194. The van der Waals surface area contributed by atoms with Gasteiger partial charge in [0.2, 0.25) is 5.91 Å². The zero-order valence-corrected chi connectivity index (χ0v) is 16.5. The van der Waals surface area contributed by atoms with Crippen molar-refractivity contribution in [3.05, 3.63) is 41.7 Å². The van der Waals surface area contributed by atoms with Crippen LogP contribution in [0.5, 0.6) is 0 Å². The molecule has 0 radical (unpaired) electrons. The van der Waals surface area contributed by atoms with Gasteiger partial charge in [0.15, 0.2) is 5.82 Å². The lowest BCUT2D eigenvalue weighted by Crippen LogP contribution is -2.53. The predicted molar refractivity (Wildman–Crippen MR) is 104 cm³/mol. The third kappa shape index (κ3) is 3.93. The molecular formula is C20H27FN6O. The van der Waals surface area contributed by atoms with Gasteiger partial charge in [0.25, 0.3) is 0 Å². The van der Waals surface area contributed by atoms with Crippen molar-refractivity contribution in [2.45, 2.75) is 32.9 Å². The number of halogens is 1. The van der Waals surface area contributed by atoms with Crippen molar-refractivity contribution in [3.8, 4) is 5.69 Å². The van der Waals surface area contributed by atoms with Crippen molar-refractivity contribution in [2.75, 3.05) is 39.3 Å². The predicted octanol–water partition coefficient (Wildman–Crippen LogP) is 1.32. The van der Waals surface area contributed by atoms with E-state index in [0.29, 0.717) is 24.8 Å². The normalized spacial score (nSPS) is 18.5. The van der Waals surface area contributed by atoms with E-state index in [4.69, 9.17) is 0 Å². The molecule has 8 heteroatoms. The summed E-state index contributed by atoms with van der Waals surface area (Å²) in [6.07, 6.45) is 5.39. The number of rotatable bonds is 4. The van der Waals surface area contributed by atoms with Gasteiger partial charge >= 0.3 is 0 Å². The van der Waals surface area contributed by atoms with E-state index in [1.807, 2.05) is 11.1 Å². The van der Waals surface area contributed by atoms with Crippen molar-refractivity contribution in [1.82, 2.24) is 29.5 Å². The Labute approximate surface area is 164 Å². The first kappa shape index (κ1) is 19.0. The lowest BCUT2D eigenvalue weighted by Gasteiger charge is -2.38. The highest BCUT2D eigenvalue weighted by Gasteiger charge is 2.26. The minimum Gasteiger partial charge on any atom is -0.339 e. The number of amides is 1. The second-order valence-corrected chi connectivity index (χ2v) is 7.84. The van der Waals surface area contributed by atoms with Gasteiger partial charge in [0.1, 0.15) is 5.69 Å². The zero-order valence-electron chi connectivity index (χ0n) is 16.5. The molecule has 0 saturated carbocycles. The number of fused-ring (bicyclic) bond motifs is 1. The van der Waals surface area contributed by atoms with Gasteiger partial charge in [-0.2, -0.15) is 5.10 Å². The molecule has 7 nitrogen and oxygen atoms in total. The van der Waals surface area contributed by atoms with E-state index in [0.717, 1.165) is 50.4 Å². The molecule has 0 aliphatic carbocycles. The lowest BCUT2D eigenvalue weighted by atomic mass is 10.1.